The summed E-state index contributed by atoms with van der Waals surface area (Å²) in [5, 5.41) is 24.6. The third-order valence-electron chi connectivity index (χ3n) is 4.51. The topological polar surface area (TPSA) is 98.7 Å². The summed E-state index contributed by atoms with van der Waals surface area (Å²) >= 11 is 0. The molecule has 0 aromatic heterocycles. The van der Waals surface area contributed by atoms with Gasteiger partial charge in [-0.1, -0.05) is 19.3 Å². The van der Waals surface area contributed by atoms with Gasteiger partial charge in [-0.05, 0) is 38.5 Å². The van der Waals surface area contributed by atoms with Crippen molar-refractivity contribution in [2.75, 3.05) is 0 Å². The van der Waals surface area contributed by atoms with E-state index >= 15 is 0 Å². The van der Waals surface area contributed by atoms with Gasteiger partial charge in [0.15, 0.2) is 0 Å². The van der Waals surface area contributed by atoms with Gasteiger partial charge in [-0.3, -0.25) is 0 Å². The van der Waals surface area contributed by atoms with Crippen LogP contribution < -0.4 is 10.6 Å². The van der Waals surface area contributed by atoms with Crippen LogP contribution in [-0.4, -0.2) is 39.9 Å². The molecule has 114 valence electrons. The van der Waals surface area contributed by atoms with E-state index in [0.717, 1.165) is 38.5 Å². The summed E-state index contributed by atoms with van der Waals surface area (Å²) in [5.41, 5.74) is -1.21. The third-order valence-corrected chi connectivity index (χ3v) is 4.51. The number of rotatable bonds is 4. The van der Waals surface area contributed by atoms with Gasteiger partial charge in [-0.2, -0.15) is 0 Å². The number of aliphatic hydroxyl groups excluding tert-OH is 1. The molecule has 0 aromatic carbocycles. The fourth-order valence-corrected chi connectivity index (χ4v) is 2.89. The van der Waals surface area contributed by atoms with Gasteiger partial charge in [-0.15, -0.1) is 0 Å². The summed E-state index contributed by atoms with van der Waals surface area (Å²) in [7, 11) is 0. The lowest BCUT2D eigenvalue weighted by Crippen LogP contribution is -2.59. The van der Waals surface area contributed by atoms with Crippen molar-refractivity contribution >= 4 is 12.0 Å². The molecule has 2 rings (SSSR count). The smallest absolute Gasteiger partial charge is 0.329 e. The summed E-state index contributed by atoms with van der Waals surface area (Å²) < 4.78 is 0. The fourth-order valence-electron chi connectivity index (χ4n) is 2.89. The molecule has 6 nitrogen and oxygen atoms in total. The lowest BCUT2D eigenvalue weighted by molar-refractivity contribution is -0.144. The van der Waals surface area contributed by atoms with Gasteiger partial charge in [0.2, 0.25) is 0 Å². The number of carbonyl (C=O) groups excluding carboxylic acids is 1. The van der Waals surface area contributed by atoms with E-state index in [1.807, 2.05) is 0 Å². The van der Waals surface area contributed by atoms with E-state index in [-0.39, 0.29) is 12.0 Å². The molecular formula is C14H24N2O4. The quantitative estimate of drug-likeness (QED) is 0.584. The molecule has 20 heavy (non-hydrogen) atoms. The molecule has 0 aromatic rings. The Morgan fingerprint density at radius 2 is 1.75 bits per heavy atom. The molecule has 0 heterocycles. The third kappa shape index (κ3) is 3.42. The van der Waals surface area contributed by atoms with Crippen molar-refractivity contribution < 1.29 is 19.8 Å². The van der Waals surface area contributed by atoms with Crippen LogP contribution in [0.4, 0.5) is 4.79 Å². The molecule has 0 saturated heterocycles. The number of carboxylic acids is 1. The number of aliphatic carboxylic acids is 1. The van der Waals surface area contributed by atoms with E-state index in [1.165, 1.54) is 0 Å². The molecule has 3 unspecified atom stereocenters. The molecule has 2 fully saturated rings. The van der Waals surface area contributed by atoms with Crippen molar-refractivity contribution in [1.29, 1.82) is 0 Å². The van der Waals surface area contributed by atoms with Crippen LogP contribution in [0.15, 0.2) is 0 Å². The molecule has 0 bridgehead atoms. The van der Waals surface area contributed by atoms with Crippen LogP contribution in [0.1, 0.15) is 51.9 Å². The molecule has 4 N–H and O–H groups in total. The maximum atomic E-state index is 12.0. The van der Waals surface area contributed by atoms with Crippen molar-refractivity contribution in [3.05, 3.63) is 0 Å². The van der Waals surface area contributed by atoms with Gasteiger partial charge in [0.1, 0.15) is 5.54 Å². The van der Waals surface area contributed by atoms with Crippen LogP contribution in [0.25, 0.3) is 0 Å². The normalized spacial score (nSPS) is 29.9. The van der Waals surface area contributed by atoms with Gasteiger partial charge >= 0.3 is 12.0 Å². The molecule has 0 spiro atoms. The first-order valence-corrected chi connectivity index (χ1v) is 7.43. The van der Waals surface area contributed by atoms with Gasteiger partial charge in [0.05, 0.1) is 12.1 Å². The minimum atomic E-state index is -1.21. The number of carboxylic acid groups (broad SMARTS) is 1. The van der Waals surface area contributed by atoms with Crippen molar-refractivity contribution in [2.24, 2.45) is 5.92 Å². The van der Waals surface area contributed by atoms with E-state index in [9.17, 15) is 19.8 Å². The molecule has 0 radical (unpaired) electrons. The van der Waals surface area contributed by atoms with Crippen LogP contribution in [-0.2, 0) is 4.79 Å². The lowest BCUT2D eigenvalue weighted by Gasteiger charge is -2.29. The minimum absolute atomic E-state index is 0.00445. The maximum Gasteiger partial charge on any atom is 0.329 e. The second-order valence-electron chi connectivity index (χ2n) is 6.19. The van der Waals surface area contributed by atoms with Gasteiger partial charge in [-0.25, -0.2) is 9.59 Å². The highest BCUT2D eigenvalue weighted by Gasteiger charge is 2.48. The van der Waals surface area contributed by atoms with Crippen molar-refractivity contribution in [3.63, 3.8) is 0 Å². The Bertz CT molecular complexity index is 383. The second-order valence-corrected chi connectivity index (χ2v) is 6.19. The second kappa shape index (κ2) is 5.99. The van der Waals surface area contributed by atoms with E-state index in [4.69, 9.17) is 0 Å². The van der Waals surface area contributed by atoms with Crippen molar-refractivity contribution in [1.82, 2.24) is 10.6 Å². The van der Waals surface area contributed by atoms with Gasteiger partial charge in [0.25, 0.3) is 0 Å². The Balaban J connectivity index is 1.92. The van der Waals surface area contributed by atoms with E-state index in [2.05, 4.69) is 10.6 Å². The van der Waals surface area contributed by atoms with E-state index < -0.39 is 23.6 Å². The summed E-state index contributed by atoms with van der Waals surface area (Å²) in [6, 6.07) is -0.775. The monoisotopic (exact) mass is 284 g/mol. The molecular weight excluding hydrogens is 260 g/mol. The Morgan fingerprint density at radius 3 is 2.35 bits per heavy atom. The first-order chi connectivity index (χ1) is 9.43. The van der Waals surface area contributed by atoms with Crippen molar-refractivity contribution in [2.45, 2.75) is 69.6 Å². The average molecular weight is 284 g/mol. The van der Waals surface area contributed by atoms with Gasteiger partial charge < -0.3 is 20.8 Å². The molecule has 6 heteroatoms. The van der Waals surface area contributed by atoms with Crippen LogP contribution in [0.2, 0.25) is 0 Å². The van der Waals surface area contributed by atoms with Crippen LogP contribution in [0.5, 0.6) is 0 Å². The number of hydrogen-bond acceptors (Lipinski definition) is 3. The minimum Gasteiger partial charge on any atom is -0.480 e. The van der Waals surface area contributed by atoms with Crippen LogP contribution >= 0.6 is 0 Å². The Morgan fingerprint density at radius 1 is 1.10 bits per heavy atom. The van der Waals surface area contributed by atoms with Gasteiger partial charge in [0, 0.05) is 0 Å². The summed E-state index contributed by atoms with van der Waals surface area (Å²) in [6.45, 7) is 1.55. The zero-order valence-corrected chi connectivity index (χ0v) is 11.9. The highest BCUT2D eigenvalue weighted by molar-refractivity contribution is 5.86. The fraction of sp³-hybridized carbons (Fsp3) is 0.857. The number of aliphatic hydroxyl groups is 1. The standard InChI is InChI=1S/C14H24N2O4/c1-14(12(18)19,9-7-8-9)16-13(20)15-10-5-3-2-4-6-11(10)17/h9-11,17H,2-8H2,1H3,(H,18,19)(H2,15,16,20). The summed E-state index contributed by atoms with van der Waals surface area (Å²) in [5.74, 6) is -0.999. The SMILES string of the molecule is CC(NC(=O)NC1CCCCCC1O)(C(=O)O)C1CC1. The highest BCUT2D eigenvalue weighted by atomic mass is 16.4. The number of nitrogens with one attached hydrogen (secondary N) is 2. The Kier molecular flexibility index (Phi) is 4.52. The van der Waals surface area contributed by atoms with E-state index in [0.29, 0.717) is 6.42 Å². The maximum absolute atomic E-state index is 12.0. The number of carbonyl (C=O) groups is 2. The molecule has 0 aliphatic heterocycles. The predicted molar refractivity (Wildman–Crippen MR) is 73.3 cm³/mol. The number of urea groups is 1. The largest absolute Gasteiger partial charge is 0.480 e. The molecule has 3 atom stereocenters. The Labute approximate surface area is 118 Å². The molecule has 2 saturated carbocycles. The summed E-state index contributed by atoms with van der Waals surface area (Å²) in [4.78, 5) is 23.4. The zero-order chi connectivity index (χ0) is 14.8. The summed E-state index contributed by atoms with van der Waals surface area (Å²) in [6.07, 6.45) is 5.54. The molecule has 2 aliphatic rings. The predicted octanol–water partition coefficient (Wildman–Crippen LogP) is 1.23. The highest BCUT2D eigenvalue weighted by Crippen LogP contribution is 2.39. The van der Waals surface area contributed by atoms with Crippen LogP contribution in [0.3, 0.4) is 0 Å². The molecule has 2 amide bonds. The molecule has 2 aliphatic carbocycles. The first kappa shape index (κ1) is 15.1. The van der Waals surface area contributed by atoms with E-state index in [1.54, 1.807) is 6.92 Å². The lowest BCUT2D eigenvalue weighted by atomic mass is 9.96. The Hall–Kier alpha value is -1.30. The van der Waals surface area contributed by atoms with Crippen molar-refractivity contribution in [3.8, 4) is 0 Å². The average Bonchev–Trinajstić information content (AvgIpc) is 3.19. The zero-order valence-electron chi connectivity index (χ0n) is 11.9. The first-order valence-electron chi connectivity index (χ1n) is 7.43. The number of amides is 2. The van der Waals surface area contributed by atoms with Crippen LogP contribution in [0, 0.1) is 5.92 Å². The number of hydrogen-bond donors (Lipinski definition) is 4.